The van der Waals surface area contributed by atoms with E-state index in [9.17, 15) is 0 Å². The van der Waals surface area contributed by atoms with Gasteiger partial charge in [-0.25, -0.2) is 0 Å². The first-order valence-corrected chi connectivity index (χ1v) is 10.8. The number of rotatable bonds is 8. The zero-order chi connectivity index (χ0) is 22.5. The van der Waals surface area contributed by atoms with Gasteiger partial charge in [0.15, 0.2) is 0 Å². The van der Waals surface area contributed by atoms with Crippen molar-refractivity contribution in [2.24, 2.45) is 0 Å². The van der Waals surface area contributed by atoms with Gasteiger partial charge in [0.25, 0.3) is 0 Å². The largest absolute Gasteiger partial charge is 0.495 e. The molecule has 0 bridgehead atoms. The van der Waals surface area contributed by atoms with E-state index in [1.54, 1.807) is 19.5 Å². The Bertz CT molecular complexity index is 1180. The minimum atomic E-state index is 0. The van der Waals surface area contributed by atoms with Crippen LogP contribution in [-0.4, -0.2) is 49.2 Å². The van der Waals surface area contributed by atoms with Crippen molar-refractivity contribution in [2.45, 2.75) is 0 Å². The normalized spacial score (nSPS) is 10.7. The van der Waals surface area contributed by atoms with Gasteiger partial charge < -0.3 is 19.4 Å². The number of aromatic amines is 1. The molecule has 0 amide bonds. The highest BCUT2D eigenvalue weighted by Crippen LogP contribution is 2.38. The van der Waals surface area contributed by atoms with E-state index in [4.69, 9.17) is 21.1 Å². The highest BCUT2D eigenvalue weighted by molar-refractivity contribution is 6.32. The molecule has 0 radical (unpaired) electrons. The Balaban J connectivity index is 0.00000306. The van der Waals surface area contributed by atoms with Gasteiger partial charge in [0.1, 0.15) is 18.1 Å². The molecule has 0 unspecified atom stereocenters. The first-order chi connectivity index (χ1) is 15.5. The molecule has 0 spiro atoms. The molecule has 0 saturated carbocycles. The number of H-pyrrole nitrogens is 1. The summed E-state index contributed by atoms with van der Waals surface area (Å²) in [6, 6.07) is 20.1. The molecule has 1 N–H and O–H groups in total. The lowest BCUT2D eigenvalue weighted by Gasteiger charge is -2.11. The molecule has 0 saturated heterocycles. The van der Waals surface area contributed by atoms with Crippen LogP contribution in [0.4, 0.5) is 0 Å². The number of halogens is 2. The molecule has 2 aromatic carbocycles. The summed E-state index contributed by atoms with van der Waals surface area (Å²) < 4.78 is 11.3. The first-order valence-electron chi connectivity index (χ1n) is 10.4. The predicted octanol–water partition coefficient (Wildman–Crippen LogP) is 6.43. The number of benzene rings is 2. The monoisotopic (exact) mass is 483 g/mol. The summed E-state index contributed by atoms with van der Waals surface area (Å²) in [6.07, 6.45) is 3.60. The van der Waals surface area contributed by atoms with Crippen molar-refractivity contribution in [3.05, 3.63) is 78.1 Å². The van der Waals surface area contributed by atoms with Crippen molar-refractivity contribution in [1.82, 2.24) is 14.9 Å². The third-order valence-electron chi connectivity index (χ3n) is 5.22. The van der Waals surface area contributed by atoms with Crippen molar-refractivity contribution in [1.29, 1.82) is 0 Å². The molecule has 0 aliphatic rings. The van der Waals surface area contributed by atoms with Gasteiger partial charge in [0.05, 0.1) is 17.8 Å². The Hall–Kier alpha value is -2.99. The summed E-state index contributed by atoms with van der Waals surface area (Å²) in [5.41, 5.74) is 6.24. The van der Waals surface area contributed by atoms with E-state index < -0.39 is 0 Å². The predicted molar refractivity (Wildman–Crippen MR) is 138 cm³/mol. The van der Waals surface area contributed by atoms with Crippen LogP contribution in [0, 0.1) is 0 Å². The molecule has 5 nitrogen and oxygen atoms in total. The van der Waals surface area contributed by atoms with Gasteiger partial charge in [-0.05, 0) is 79.8 Å². The van der Waals surface area contributed by atoms with Gasteiger partial charge >= 0.3 is 0 Å². The fourth-order valence-electron chi connectivity index (χ4n) is 3.49. The number of aromatic nitrogens is 2. The summed E-state index contributed by atoms with van der Waals surface area (Å²) in [5, 5.41) is 0.582. The third-order valence-corrected chi connectivity index (χ3v) is 5.53. The van der Waals surface area contributed by atoms with Gasteiger partial charge in [-0.15, -0.1) is 12.4 Å². The SMILES string of the molecule is COc1cc(-c2[nH]c(-c3ccc(OCCN(C)C)cc3)cc2-c2ccncc2)ccc1Cl.Cl. The van der Waals surface area contributed by atoms with Crippen molar-refractivity contribution >= 4 is 24.0 Å². The van der Waals surface area contributed by atoms with E-state index in [0.717, 1.165) is 45.9 Å². The van der Waals surface area contributed by atoms with Crippen LogP contribution in [0.5, 0.6) is 11.5 Å². The minimum Gasteiger partial charge on any atom is -0.495 e. The highest BCUT2D eigenvalue weighted by atomic mass is 35.5. The first kappa shape index (κ1) is 24.6. The van der Waals surface area contributed by atoms with Gasteiger partial charge in [0, 0.05) is 35.8 Å². The van der Waals surface area contributed by atoms with E-state index in [1.807, 2.05) is 56.6 Å². The Kier molecular flexibility index (Phi) is 8.39. The fraction of sp³-hybridized carbons (Fsp3) is 0.192. The van der Waals surface area contributed by atoms with Crippen LogP contribution in [0.2, 0.25) is 5.02 Å². The Labute approximate surface area is 205 Å². The molecule has 0 atom stereocenters. The van der Waals surface area contributed by atoms with Crippen LogP contribution in [-0.2, 0) is 0 Å². The maximum Gasteiger partial charge on any atom is 0.138 e. The van der Waals surface area contributed by atoms with Crippen LogP contribution in [0.25, 0.3) is 33.6 Å². The number of likely N-dealkylation sites (N-methyl/N-ethyl adjacent to an activating group) is 1. The minimum absolute atomic E-state index is 0. The lowest BCUT2D eigenvalue weighted by Crippen LogP contribution is -2.19. The summed E-state index contributed by atoms with van der Waals surface area (Å²) in [6.45, 7) is 1.53. The number of pyridine rings is 1. The van der Waals surface area contributed by atoms with Crippen LogP contribution in [0.3, 0.4) is 0 Å². The number of ether oxygens (including phenoxy) is 2. The quantitative estimate of drug-likeness (QED) is 0.313. The average Bonchev–Trinajstić information content (AvgIpc) is 3.26. The molecule has 0 aliphatic carbocycles. The van der Waals surface area contributed by atoms with Crippen LogP contribution in [0.15, 0.2) is 73.1 Å². The summed E-state index contributed by atoms with van der Waals surface area (Å²) in [7, 11) is 5.69. The second-order valence-electron chi connectivity index (χ2n) is 7.73. The number of hydrogen-bond donors (Lipinski definition) is 1. The van der Waals surface area contributed by atoms with E-state index in [-0.39, 0.29) is 12.4 Å². The Morgan fingerprint density at radius 2 is 1.61 bits per heavy atom. The number of nitrogens with zero attached hydrogens (tertiary/aromatic N) is 2. The summed E-state index contributed by atoms with van der Waals surface area (Å²) in [4.78, 5) is 9.85. The van der Waals surface area contributed by atoms with E-state index >= 15 is 0 Å². The van der Waals surface area contributed by atoms with Crippen molar-refractivity contribution in [3.63, 3.8) is 0 Å². The molecule has 4 rings (SSSR count). The second-order valence-corrected chi connectivity index (χ2v) is 8.14. The van der Waals surface area contributed by atoms with Crippen molar-refractivity contribution in [3.8, 4) is 45.1 Å². The third kappa shape index (κ3) is 5.88. The topological polar surface area (TPSA) is 50.4 Å². The molecule has 172 valence electrons. The lowest BCUT2D eigenvalue weighted by atomic mass is 10.0. The zero-order valence-electron chi connectivity index (χ0n) is 18.8. The number of methoxy groups -OCH3 is 1. The molecule has 7 heteroatoms. The molecule has 33 heavy (non-hydrogen) atoms. The fourth-order valence-corrected chi connectivity index (χ4v) is 3.68. The molecule has 0 fully saturated rings. The van der Waals surface area contributed by atoms with Gasteiger partial charge in [0.2, 0.25) is 0 Å². The summed E-state index contributed by atoms with van der Waals surface area (Å²) in [5.74, 6) is 1.50. The highest BCUT2D eigenvalue weighted by Gasteiger charge is 2.15. The lowest BCUT2D eigenvalue weighted by molar-refractivity contribution is 0.261. The summed E-state index contributed by atoms with van der Waals surface area (Å²) >= 11 is 6.25. The maximum atomic E-state index is 6.25. The number of hydrogen-bond acceptors (Lipinski definition) is 4. The molecule has 2 aromatic heterocycles. The Morgan fingerprint density at radius 1 is 0.909 bits per heavy atom. The van der Waals surface area contributed by atoms with Gasteiger partial charge in [-0.3, -0.25) is 4.98 Å². The van der Waals surface area contributed by atoms with Crippen LogP contribution in [0.1, 0.15) is 0 Å². The molecule has 2 heterocycles. The van der Waals surface area contributed by atoms with Gasteiger partial charge in [-0.2, -0.15) is 0 Å². The maximum absolute atomic E-state index is 6.25. The average molecular weight is 484 g/mol. The molecule has 4 aromatic rings. The zero-order valence-corrected chi connectivity index (χ0v) is 20.4. The second kappa shape index (κ2) is 11.2. The number of nitrogens with one attached hydrogen (secondary N) is 1. The van der Waals surface area contributed by atoms with Gasteiger partial charge in [-0.1, -0.05) is 17.7 Å². The standard InChI is InChI=1S/C26H26ClN3O2.ClH/c1-30(2)14-15-32-21-7-4-19(5-8-21)24-17-22(18-10-12-28-13-11-18)26(29-24)20-6-9-23(27)25(16-20)31-3;/h4-13,16-17,29H,14-15H2,1-3H3;1H. The van der Waals surface area contributed by atoms with Crippen molar-refractivity contribution < 1.29 is 9.47 Å². The van der Waals surface area contributed by atoms with Crippen molar-refractivity contribution in [2.75, 3.05) is 34.4 Å². The van der Waals surface area contributed by atoms with E-state index in [1.165, 1.54) is 0 Å². The molecule has 0 aliphatic heterocycles. The smallest absolute Gasteiger partial charge is 0.138 e. The van der Waals surface area contributed by atoms with Crippen LogP contribution >= 0.6 is 24.0 Å². The molecular formula is C26H27Cl2N3O2. The van der Waals surface area contributed by atoms with Crippen LogP contribution < -0.4 is 9.47 Å². The van der Waals surface area contributed by atoms with E-state index in [2.05, 4.69) is 33.1 Å². The molecular weight excluding hydrogens is 457 g/mol. The Morgan fingerprint density at radius 3 is 2.27 bits per heavy atom. The van der Waals surface area contributed by atoms with E-state index in [0.29, 0.717) is 17.4 Å².